The molecule has 1 heteroatoms. The van der Waals surface area contributed by atoms with Crippen molar-refractivity contribution in [1.29, 1.82) is 0 Å². The molecule has 18 heavy (non-hydrogen) atoms. The first kappa shape index (κ1) is 13.6. The molecule has 2 rings (SSSR count). The van der Waals surface area contributed by atoms with Gasteiger partial charge in [0.05, 0.1) is 0 Å². The van der Waals surface area contributed by atoms with Crippen molar-refractivity contribution in [3.8, 4) is 0 Å². The van der Waals surface area contributed by atoms with Gasteiger partial charge in [0.1, 0.15) is 0 Å². The Balaban J connectivity index is 2.16. The lowest BCUT2D eigenvalue weighted by molar-refractivity contribution is 0.390. The predicted octanol–water partition coefficient (Wildman–Crippen LogP) is 4.43. The number of rotatable bonds is 3. The lowest BCUT2D eigenvalue weighted by atomic mass is 9.85. The molecule has 1 aromatic rings. The molecule has 0 radical (unpaired) electrons. The third-order valence-corrected chi connectivity index (χ3v) is 4.32. The van der Waals surface area contributed by atoms with Gasteiger partial charge in [0, 0.05) is 6.04 Å². The van der Waals surface area contributed by atoms with Crippen molar-refractivity contribution in [2.24, 2.45) is 5.92 Å². The summed E-state index contributed by atoms with van der Waals surface area (Å²) in [7, 11) is 2.10. The molecule has 1 N–H and O–H groups in total. The summed E-state index contributed by atoms with van der Waals surface area (Å²) in [6.07, 6.45) is 5.57. The highest BCUT2D eigenvalue weighted by atomic mass is 14.9. The van der Waals surface area contributed by atoms with Crippen molar-refractivity contribution < 1.29 is 0 Å². The van der Waals surface area contributed by atoms with Crippen molar-refractivity contribution in [3.63, 3.8) is 0 Å². The summed E-state index contributed by atoms with van der Waals surface area (Å²) < 4.78 is 0. The molecular weight excluding hydrogens is 218 g/mol. The Hall–Kier alpha value is -0.820. The van der Waals surface area contributed by atoms with Crippen molar-refractivity contribution in [1.82, 2.24) is 5.32 Å². The van der Waals surface area contributed by atoms with Crippen LogP contribution in [0.2, 0.25) is 0 Å². The molecule has 0 aromatic heterocycles. The van der Waals surface area contributed by atoms with Gasteiger partial charge in [-0.25, -0.2) is 0 Å². The molecule has 1 nitrogen and oxygen atoms in total. The van der Waals surface area contributed by atoms with Gasteiger partial charge in [-0.3, -0.25) is 0 Å². The van der Waals surface area contributed by atoms with Gasteiger partial charge in [-0.2, -0.15) is 0 Å². The van der Waals surface area contributed by atoms with Gasteiger partial charge < -0.3 is 5.32 Å². The Morgan fingerprint density at radius 3 is 2.06 bits per heavy atom. The van der Waals surface area contributed by atoms with Gasteiger partial charge in [-0.15, -0.1) is 0 Å². The topological polar surface area (TPSA) is 12.0 Å². The summed E-state index contributed by atoms with van der Waals surface area (Å²) in [4.78, 5) is 0. The normalized spacial score (nSPS) is 19.1. The molecule has 0 heterocycles. The number of hydrogen-bond acceptors (Lipinski definition) is 1. The summed E-state index contributed by atoms with van der Waals surface area (Å²) in [5.41, 5.74) is 3.13. The first-order valence-electron chi connectivity index (χ1n) is 7.30. The van der Waals surface area contributed by atoms with E-state index in [1.165, 1.54) is 36.8 Å². The van der Waals surface area contributed by atoms with Crippen molar-refractivity contribution in [3.05, 3.63) is 35.4 Å². The average molecular weight is 245 g/mol. The Bertz CT molecular complexity index is 366. The Morgan fingerprint density at radius 2 is 1.61 bits per heavy atom. The van der Waals surface area contributed by atoms with Crippen LogP contribution < -0.4 is 5.32 Å². The zero-order chi connectivity index (χ0) is 13.2. The summed E-state index contributed by atoms with van der Waals surface area (Å²) in [6, 6.07) is 9.78. The monoisotopic (exact) mass is 245 g/mol. The van der Waals surface area contributed by atoms with E-state index in [0.29, 0.717) is 6.04 Å². The molecular formula is C17H27N. The van der Waals surface area contributed by atoms with Crippen LogP contribution in [0.5, 0.6) is 0 Å². The van der Waals surface area contributed by atoms with E-state index >= 15 is 0 Å². The van der Waals surface area contributed by atoms with Crippen LogP contribution in [0, 0.1) is 5.92 Å². The van der Waals surface area contributed by atoms with Crippen LogP contribution >= 0.6 is 0 Å². The standard InChI is InChI=1S/C17H27N/c1-17(2,3)15-11-9-14(10-12-15)16(18-4)13-7-5-6-8-13/h9-13,16,18H,5-8H2,1-4H3. The van der Waals surface area contributed by atoms with E-state index < -0.39 is 0 Å². The maximum atomic E-state index is 3.52. The third-order valence-electron chi connectivity index (χ3n) is 4.32. The minimum absolute atomic E-state index is 0.251. The van der Waals surface area contributed by atoms with Crippen LogP contribution in [0.15, 0.2) is 24.3 Å². The summed E-state index contributed by atoms with van der Waals surface area (Å²) in [5.74, 6) is 0.829. The molecule has 1 saturated carbocycles. The van der Waals surface area contributed by atoms with Crippen LogP contribution in [0.25, 0.3) is 0 Å². The van der Waals surface area contributed by atoms with Gasteiger partial charge in [0.2, 0.25) is 0 Å². The Labute approximate surface area is 112 Å². The highest BCUT2D eigenvalue weighted by molar-refractivity contribution is 5.29. The second-order valence-electron chi connectivity index (χ2n) is 6.68. The smallest absolute Gasteiger partial charge is 0.0346 e. The number of hydrogen-bond donors (Lipinski definition) is 1. The Morgan fingerprint density at radius 1 is 1.06 bits per heavy atom. The fourth-order valence-corrected chi connectivity index (χ4v) is 3.16. The van der Waals surface area contributed by atoms with Gasteiger partial charge in [-0.1, -0.05) is 57.9 Å². The summed E-state index contributed by atoms with van der Waals surface area (Å²) in [5, 5.41) is 3.52. The summed E-state index contributed by atoms with van der Waals surface area (Å²) in [6.45, 7) is 6.82. The number of nitrogens with one attached hydrogen (secondary N) is 1. The quantitative estimate of drug-likeness (QED) is 0.830. The highest BCUT2D eigenvalue weighted by Crippen LogP contribution is 2.36. The van der Waals surface area contributed by atoms with Crippen LogP contribution in [0.1, 0.15) is 63.6 Å². The molecule has 100 valence electrons. The van der Waals surface area contributed by atoms with E-state index in [1.807, 2.05) is 0 Å². The van der Waals surface area contributed by atoms with Gasteiger partial charge in [-0.05, 0) is 42.3 Å². The van der Waals surface area contributed by atoms with Crippen molar-refractivity contribution >= 4 is 0 Å². The lowest BCUT2D eigenvalue weighted by Crippen LogP contribution is -2.23. The maximum absolute atomic E-state index is 3.52. The maximum Gasteiger partial charge on any atom is 0.0346 e. The first-order valence-corrected chi connectivity index (χ1v) is 7.30. The minimum Gasteiger partial charge on any atom is -0.313 e. The fraction of sp³-hybridized carbons (Fsp3) is 0.647. The lowest BCUT2D eigenvalue weighted by Gasteiger charge is -2.25. The van der Waals surface area contributed by atoms with Gasteiger partial charge in [0.15, 0.2) is 0 Å². The van der Waals surface area contributed by atoms with Crippen LogP contribution in [0.3, 0.4) is 0 Å². The zero-order valence-electron chi connectivity index (χ0n) is 12.3. The average Bonchev–Trinajstić information content (AvgIpc) is 2.83. The van der Waals surface area contributed by atoms with E-state index in [1.54, 1.807) is 0 Å². The molecule has 0 aliphatic heterocycles. The molecule has 1 fully saturated rings. The second kappa shape index (κ2) is 5.44. The zero-order valence-corrected chi connectivity index (χ0v) is 12.3. The van der Waals surface area contributed by atoms with Gasteiger partial charge >= 0.3 is 0 Å². The first-order chi connectivity index (χ1) is 8.52. The molecule has 0 amide bonds. The van der Waals surface area contributed by atoms with Crippen LogP contribution in [0.4, 0.5) is 0 Å². The molecule has 1 aromatic carbocycles. The van der Waals surface area contributed by atoms with Gasteiger partial charge in [0.25, 0.3) is 0 Å². The predicted molar refractivity (Wildman–Crippen MR) is 78.9 cm³/mol. The molecule has 0 spiro atoms. The van der Waals surface area contributed by atoms with Crippen molar-refractivity contribution in [2.75, 3.05) is 7.05 Å². The largest absolute Gasteiger partial charge is 0.313 e. The Kier molecular flexibility index (Phi) is 4.11. The summed E-state index contributed by atoms with van der Waals surface area (Å²) >= 11 is 0. The molecule has 1 aliphatic carbocycles. The molecule has 0 saturated heterocycles. The van der Waals surface area contributed by atoms with Crippen LogP contribution in [-0.4, -0.2) is 7.05 Å². The molecule has 1 aliphatic rings. The highest BCUT2D eigenvalue weighted by Gasteiger charge is 2.25. The fourth-order valence-electron chi connectivity index (χ4n) is 3.16. The van der Waals surface area contributed by atoms with Crippen molar-refractivity contribution in [2.45, 2.75) is 57.9 Å². The number of benzene rings is 1. The van der Waals surface area contributed by atoms with E-state index in [2.05, 4.69) is 57.4 Å². The van der Waals surface area contributed by atoms with E-state index in [4.69, 9.17) is 0 Å². The molecule has 1 atom stereocenters. The third kappa shape index (κ3) is 2.95. The van der Waals surface area contributed by atoms with E-state index in [0.717, 1.165) is 5.92 Å². The van der Waals surface area contributed by atoms with E-state index in [9.17, 15) is 0 Å². The SMILES string of the molecule is CNC(c1ccc(C(C)(C)C)cc1)C1CCCC1. The minimum atomic E-state index is 0.251. The molecule has 1 unspecified atom stereocenters. The van der Waals surface area contributed by atoms with E-state index in [-0.39, 0.29) is 5.41 Å². The molecule has 0 bridgehead atoms. The van der Waals surface area contributed by atoms with Crippen LogP contribution in [-0.2, 0) is 5.41 Å². The second-order valence-corrected chi connectivity index (χ2v) is 6.68.